The number of alkyl halides is 1. The molecule has 4 aromatic rings. The van der Waals surface area contributed by atoms with Crippen molar-refractivity contribution in [2.24, 2.45) is 0 Å². The summed E-state index contributed by atoms with van der Waals surface area (Å²) in [6, 6.07) is 33.9. The van der Waals surface area contributed by atoms with Crippen LogP contribution in [0.4, 0.5) is 0 Å². The fourth-order valence-corrected chi connectivity index (χ4v) is 13.2. The molecule has 0 amide bonds. The van der Waals surface area contributed by atoms with Crippen LogP contribution in [0.5, 0.6) is 11.5 Å². The molecule has 3 aliphatic heterocycles. The van der Waals surface area contributed by atoms with Gasteiger partial charge in [0.25, 0.3) is 0 Å². The van der Waals surface area contributed by atoms with Gasteiger partial charge in [0.1, 0.15) is 49.1 Å². The minimum Gasteiger partial charge on any atom is -0.492 e. The van der Waals surface area contributed by atoms with Crippen molar-refractivity contribution in [2.45, 2.75) is 107 Å². The van der Waals surface area contributed by atoms with Crippen LogP contribution >= 0.6 is 11.6 Å². The van der Waals surface area contributed by atoms with Gasteiger partial charge < -0.3 is 46.7 Å². The third kappa shape index (κ3) is 10.3. The predicted molar refractivity (Wildman–Crippen MR) is 229 cm³/mol. The van der Waals surface area contributed by atoms with E-state index in [1.165, 1.54) is 0 Å². The van der Waals surface area contributed by atoms with Crippen LogP contribution in [0.25, 0.3) is 0 Å². The van der Waals surface area contributed by atoms with E-state index >= 15 is 0 Å². The highest BCUT2D eigenvalue weighted by Gasteiger charge is 2.66. The second kappa shape index (κ2) is 19.4. The molecule has 1 unspecified atom stereocenters. The molecule has 0 aliphatic carbocycles. The van der Waals surface area contributed by atoms with E-state index in [1.807, 2.05) is 30.3 Å². The topological polar surface area (TPSA) is 126 Å². The van der Waals surface area contributed by atoms with Gasteiger partial charge in [0, 0.05) is 10.1 Å². The standard InChI is InChI=1S/C47H55ClO12Si/c1-46(2,3)61(47(4,5)6)54-30-37-39(60-61)40(52-28-31-16-10-7-11-17-31)44(57-37)59-41-38(58-43(50)33-20-14-9-15-21-33)36(29-53-42(49)32-18-12-8-13-19-32)56-45(41)55-35-24-22-34(23-25-35)51-27-26-48/h7-25,36-41,44-45H,26-30H2,1-6H3/t36-,37-,38-,39-,40+,41+,44?,45+/m1/s1. The van der Waals surface area contributed by atoms with Crippen LogP contribution in [0.15, 0.2) is 115 Å². The first-order valence-corrected chi connectivity index (χ1v) is 23.0. The Morgan fingerprint density at radius 2 is 1.30 bits per heavy atom. The van der Waals surface area contributed by atoms with E-state index in [4.69, 9.17) is 58.3 Å². The van der Waals surface area contributed by atoms with Crippen molar-refractivity contribution in [3.63, 3.8) is 0 Å². The molecule has 61 heavy (non-hydrogen) atoms. The maximum atomic E-state index is 13.9. The molecule has 0 N–H and O–H groups in total. The maximum absolute atomic E-state index is 13.9. The first kappa shape index (κ1) is 44.7. The van der Waals surface area contributed by atoms with Crippen LogP contribution in [0.2, 0.25) is 10.1 Å². The summed E-state index contributed by atoms with van der Waals surface area (Å²) < 4.78 is 65.2. The van der Waals surface area contributed by atoms with Crippen molar-refractivity contribution < 1.29 is 56.3 Å². The van der Waals surface area contributed by atoms with Gasteiger partial charge in [-0.2, -0.15) is 0 Å². The molecular formula is C47H55ClO12Si. The molecule has 7 rings (SSSR count). The third-order valence-corrected chi connectivity index (χ3v) is 16.2. The molecule has 326 valence electrons. The van der Waals surface area contributed by atoms with Crippen LogP contribution in [-0.2, 0) is 43.9 Å². The minimum atomic E-state index is -3.01. The second-order valence-electron chi connectivity index (χ2n) is 17.3. The van der Waals surface area contributed by atoms with Crippen LogP contribution < -0.4 is 9.47 Å². The highest BCUT2D eigenvalue weighted by Crippen LogP contribution is 2.55. The summed E-state index contributed by atoms with van der Waals surface area (Å²) in [5, 5.41) is -0.633. The van der Waals surface area contributed by atoms with E-state index in [-0.39, 0.29) is 29.9 Å². The molecule has 0 aromatic heterocycles. The quantitative estimate of drug-likeness (QED) is 0.0645. The number of rotatable bonds is 15. The van der Waals surface area contributed by atoms with E-state index < -0.39 is 69.7 Å². The molecular weight excluding hydrogens is 820 g/mol. The largest absolute Gasteiger partial charge is 0.492 e. The number of carbonyl (C=O) groups excluding carboxylic acids is 2. The molecule has 12 nitrogen and oxygen atoms in total. The van der Waals surface area contributed by atoms with Crippen molar-refractivity contribution in [3.05, 3.63) is 132 Å². The van der Waals surface area contributed by atoms with E-state index in [0.717, 1.165) is 5.56 Å². The maximum Gasteiger partial charge on any atom is 0.349 e. The molecule has 3 heterocycles. The predicted octanol–water partition coefficient (Wildman–Crippen LogP) is 8.64. The van der Waals surface area contributed by atoms with E-state index in [9.17, 15) is 9.59 Å². The summed E-state index contributed by atoms with van der Waals surface area (Å²) in [4.78, 5) is 27.1. The molecule has 0 radical (unpaired) electrons. The number of carbonyl (C=O) groups is 2. The summed E-state index contributed by atoms with van der Waals surface area (Å²) in [5.41, 5.74) is 1.61. The Morgan fingerprint density at radius 1 is 0.705 bits per heavy atom. The molecule has 4 aromatic carbocycles. The van der Waals surface area contributed by atoms with Crippen molar-refractivity contribution >= 4 is 32.1 Å². The van der Waals surface area contributed by atoms with Crippen molar-refractivity contribution in [1.29, 1.82) is 0 Å². The molecule has 8 atom stereocenters. The van der Waals surface area contributed by atoms with Gasteiger partial charge in [0.05, 0.1) is 30.2 Å². The zero-order valence-corrected chi connectivity index (χ0v) is 37.2. The second-order valence-corrected chi connectivity index (χ2v) is 22.4. The van der Waals surface area contributed by atoms with Gasteiger partial charge in [0.15, 0.2) is 18.5 Å². The van der Waals surface area contributed by atoms with Crippen LogP contribution in [-0.4, -0.2) is 95.4 Å². The van der Waals surface area contributed by atoms with E-state index in [0.29, 0.717) is 35.1 Å². The number of ether oxygens (including phenoxy) is 8. The Kier molecular flexibility index (Phi) is 14.2. The molecule has 0 bridgehead atoms. The SMILES string of the molecule is CC(C)(C)[Si]1(C(C)(C)C)OC[C@H]2OC(O[C@@H]3[C@@H](Oc4ccc(OCCCl)cc4)O[C@H](COC(=O)c4ccccc4)[C@H]3OC(=O)c3ccccc3)[C@@H](OCc3ccccc3)[C@@H]2O1. The van der Waals surface area contributed by atoms with Crippen LogP contribution in [0.3, 0.4) is 0 Å². The third-order valence-electron chi connectivity index (χ3n) is 10.9. The van der Waals surface area contributed by atoms with Gasteiger partial charge in [-0.1, -0.05) is 108 Å². The lowest BCUT2D eigenvalue weighted by molar-refractivity contribution is -0.237. The monoisotopic (exact) mass is 874 g/mol. The summed E-state index contributed by atoms with van der Waals surface area (Å²) in [7, 11) is -3.01. The van der Waals surface area contributed by atoms with Crippen molar-refractivity contribution in [2.75, 3.05) is 25.7 Å². The Balaban J connectivity index is 1.23. The summed E-state index contributed by atoms with van der Waals surface area (Å²) >= 11 is 5.84. The fraction of sp³-hybridized carbons (Fsp3) is 0.447. The molecule has 0 saturated carbocycles. The average molecular weight is 875 g/mol. The number of hydrogen-bond acceptors (Lipinski definition) is 12. The van der Waals surface area contributed by atoms with E-state index in [2.05, 4.69) is 41.5 Å². The van der Waals surface area contributed by atoms with Gasteiger partial charge in [0.2, 0.25) is 6.29 Å². The van der Waals surface area contributed by atoms with Crippen molar-refractivity contribution in [3.8, 4) is 11.5 Å². The Bertz CT molecular complexity index is 2010. The molecule has 3 fully saturated rings. The fourth-order valence-electron chi connectivity index (χ4n) is 8.21. The number of fused-ring (bicyclic) bond motifs is 1. The van der Waals surface area contributed by atoms with Crippen molar-refractivity contribution in [1.82, 2.24) is 0 Å². The smallest absolute Gasteiger partial charge is 0.349 e. The molecule has 3 saturated heterocycles. The summed E-state index contributed by atoms with van der Waals surface area (Å²) in [5.74, 6) is 0.130. The first-order chi connectivity index (χ1) is 29.3. The van der Waals surface area contributed by atoms with E-state index in [1.54, 1.807) is 84.9 Å². The lowest BCUT2D eigenvalue weighted by atomic mass is 10.1. The molecule has 0 spiro atoms. The lowest BCUT2D eigenvalue weighted by Gasteiger charge is -2.53. The van der Waals surface area contributed by atoms with Gasteiger partial charge >= 0.3 is 20.5 Å². The lowest BCUT2D eigenvalue weighted by Crippen LogP contribution is -2.65. The summed E-state index contributed by atoms with van der Waals surface area (Å²) in [6.45, 7) is 13.5. The number of esters is 2. The van der Waals surface area contributed by atoms with Gasteiger partial charge in [-0.25, -0.2) is 9.59 Å². The number of hydrogen-bond donors (Lipinski definition) is 0. The Labute approximate surface area is 363 Å². The Morgan fingerprint density at radius 3 is 1.90 bits per heavy atom. The zero-order valence-electron chi connectivity index (χ0n) is 35.4. The average Bonchev–Trinajstić information content (AvgIpc) is 3.76. The number of benzene rings is 4. The highest BCUT2D eigenvalue weighted by molar-refractivity contribution is 6.73. The van der Waals surface area contributed by atoms with Crippen LogP contribution in [0, 0.1) is 0 Å². The highest BCUT2D eigenvalue weighted by atomic mass is 35.5. The van der Waals surface area contributed by atoms with Gasteiger partial charge in [-0.05, 0) is 54.1 Å². The zero-order chi connectivity index (χ0) is 43.2. The van der Waals surface area contributed by atoms with Crippen LogP contribution in [0.1, 0.15) is 67.8 Å². The minimum absolute atomic E-state index is 0.242. The molecule has 3 aliphatic rings. The van der Waals surface area contributed by atoms with Gasteiger partial charge in [-0.15, -0.1) is 11.6 Å². The summed E-state index contributed by atoms with van der Waals surface area (Å²) in [6.07, 6.45) is -7.47. The number of halogens is 1. The first-order valence-electron chi connectivity index (χ1n) is 20.6. The normalized spacial score (nSPS) is 26.0. The molecule has 14 heteroatoms. The Hall–Kier alpha value is -4.31. The van der Waals surface area contributed by atoms with Gasteiger partial charge in [-0.3, -0.25) is 0 Å².